The maximum absolute atomic E-state index is 9.20. The van der Waals surface area contributed by atoms with Crippen LogP contribution in [0.4, 0.5) is 0 Å². The first-order valence-corrected chi connectivity index (χ1v) is 6.68. The van der Waals surface area contributed by atoms with Gasteiger partial charge in [0.25, 0.3) is 0 Å². The fourth-order valence-electron chi connectivity index (χ4n) is 3.36. The van der Waals surface area contributed by atoms with Crippen LogP contribution in [-0.2, 0) is 6.42 Å². The van der Waals surface area contributed by atoms with Crippen molar-refractivity contribution in [3.8, 4) is 17.6 Å². The molecule has 2 aliphatic heterocycles. The smallest absolute Gasteiger partial charge is 0.161 e. The van der Waals surface area contributed by atoms with Crippen LogP contribution in [0.3, 0.4) is 0 Å². The van der Waals surface area contributed by atoms with Gasteiger partial charge in [-0.15, -0.1) is 0 Å². The van der Waals surface area contributed by atoms with Gasteiger partial charge in [-0.05, 0) is 42.5 Å². The lowest BCUT2D eigenvalue weighted by molar-refractivity contribution is 0.211. The van der Waals surface area contributed by atoms with Gasteiger partial charge in [-0.3, -0.25) is 4.90 Å². The van der Waals surface area contributed by atoms with Crippen LogP contribution in [0.2, 0.25) is 0 Å². The number of nitriles is 1. The van der Waals surface area contributed by atoms with E-state index in [1.807, 2.05) is 0 Å². The Kier molecular flexibility index (Phi) is 3.08. The number of benzene rings is 1. The highest BCUT2D eigenvalue weighted by atomic mass is 16.5. The lowest BCUT2D eigenvalue weighted by Crippen LogP contribution is -2.36. The van der Waals surface area contributed by atoms with Gasteiger partial charge < -0.3 is 9.47 Å². The summed E-state index contributed by atoms with van der Waals surface area (Å²) in [5.41, 5.74) is 2.64. The van der Waals surface area contributed by atoms with Crippen molar-refractivity contribution >= 4 is 0 Å². The molecule has 0 spiro atoms. The molecule has 0 saturated carbocycles. The van der Waals surface area contributed by atoms with Crippen LogP contribution in [0.25, 0.3) is 0 Å². The van der Waals surface area contributed by atoms with Gasteiger partial charge in [0.05, 0.1) is 26.3 Å². The van der Waals surface area contributed by atoms with E-state index in [-0.39, 0.29) is 6.04 Å². The number of rotatable bonds is 2. The molecule has 1 saturated heterocycles. The molecule has 2 aliphatic rings. The summed E-state index contributed by atoms with van der Waals surface area (Å²) in [6.07, 6.45) is 3.00. The van der Waals surface area contributed by atoms with E-state index in [9.17, 15) is 5.26 Å². The normalized spacial score (nSPS) is 25.3. The molecule has 4 heteroatoms. The summed E-state index contributed by atoms with van der Waals surface area (Å²) >= 11 is 0. The maximum atomic E-state index is 9.20. The van der Waals surface area contributed by atoms with E-state index >= 15 is 0 Å². The van der Waals surface area contributed by atoms with Crippen molar-refractivity contribution in [1.29, 1.82) is 5.26 Å². The molecule has 4 nitrogen and oxygen atoms in total. The Morgan fingerprint density at radius 1 is 1.21 bits per heavy atom. The number of hydrogen-bond acceptors (Lipinski definition) is 4. The number of nitrogens with zero attached hydrogens (tertiary/aromatic N) is 2. The summed E-state index contributed by atoms with van der Waals surface area (Å²) in [6, 6.07) is 7.04. The number of fused-ring (bicyclic) bond motifs is 3. The van der Waals surface area contributed by atoms with Crippen molar-refractivity contribution in [3.05, 3.63) is 23.3 Å². The van der Waals surface area contributed by atoms with Gasteiger partial charge in [0, 0.05) is 12.6 Å². The Morgan fingerprint density at radius 2 is 1.95 bits per heavy atom. The molecule has 2 atom stereocenters. The summed E-state index contributed by atoms with van der Waals surface area (Å²) < 4.78 is 10.8. The lowest BCUT2D eigenvalue weighted by atomic mass is 9.92. The second-order valence-electron chi connectivity index (χ2n) is 5.13. The van der Waals surface area contributed by atoms with E-state index in [2.05, 4.69) is 23.1 Å². The standard InChI is InChI=1S/C15H18N2O2/c1-18-14-7-10-5-6-17-11(9-16)3-4-13(17)12(10)8-15(14)19-2/h7-8,11,13H,3-6H2,1-2H3. The predicted molar refractivity (Wildman–Crippen MR) is 71.3 cm³/mol. The first kappa shape index (κ1) is 12.3. The minimum absolute atomic E-state index is 0.0752. The average molecular weight is 258 g/mol. The monoisotopic (exact) mass is 258 g/mol. The molecule has 0 N–H and O–H groups in total. The van der Waals surface area contributed by atoms with E-state index in [0.717, 1.165) is 37.3 Å². The second-order valence-corrected chi connectivity index (χ2v) is 5.13. The molecule has 0 radical (unpaired) electrons. The van der Waals surface area contributed by atoms with Crippen molar-refractivity contribution in [2.24, 2.45) is 0 Å². The fraction of sp³-hybridized carbons (Fsp3) is 0.533. The van der Waals surface area contributed by atoms with Gasteiger partial charge in [-0.1, -0.05) is 0 Å². The van der Waals surface area contributed by atoms with Crippen LogP contribution in [0.15, 0.2) is 12.1 Å². The fourth-order valence-corrected chi connectivity index (χ4v) is 3.36. The first-order valence-electron chi connectivity index (χ1n) is 6.68. The van der Waals surface area contributed by atoms with Crippen LogP contribution in [0.5, 0.6) is 11.5 Å². The Hall–Kier alpha value is -1.73. The van der Waals surface area contributed by atoms with Crippen molar-refractivity contribution in [1.82, 2.24) is 4.90 Å². The molecule has 0 aliphatic carbocycles. The van der Waals surface area contributed by atoms with Gasteiger partial charge in [0.2, 0.25) is 0 Å². The Morgan fingerprint density at radius 3 is 2.63 bits per heavy atom. The van der Waals surface area contributed by atoms with Gasteiger partial charge in [-0.25, -0.2) is 0 Å². The summed E-state index contributed by atoms with van der Waals surface area (Å²) in [7, 11) is 3.33. The molecule has 1 aromatic carbocycles. The highest BCUT2D eigenvalue weighted by Gasteiger charge is 2.38. The second kappa shape index (κ2) is 4.75. The third kappa shape index (κ3) is 1.85. The summed E-state index contributed by atoms with van der Waals surface area (Å²) in [4.78, 5) is 2.33. The summed E-state index contributed by atoms with van der Waals surface area (Å²) in [6.45, 7) is 0.964. The number of ether oxygens (including phenoxy) is 2. The highest BCUT2D eigenvalue weighted by Crippen LogP contribution is 2.44. The van der Waals surface area contributed by atoms with Crippen LogP contribution in [0, 0.1) is 11.3 Å². The minimum Gasteiger partial charge on any atom is -0.493 e. The largest absolute Gasteiger partial charge is 0.493 e. The molecule has 0 amide bonds. The zero-order valence-corrected chi connectivity index (χ0v) is 11.3. The third-order valence-electron chi connectivity index (χ3n) is 4.31. The van der Waals surface area contributed by atoms with Gasteiger partial charge in [0.1, 0.15) is 0 Å². The number of hydrogen-bond donors (Lipinski definition) is 0. The highest BCUT2D eigenvalue weighted by molar-refractivity contribution is 5.49. The zero-order chi connectivity index (χ0) is 13.4. The molecule has 2 heterocycles. The molecule has 1 aromatic rings. The Bertz CT molecular complexity index is 536. The first-order chi connectivity index (χ1) is 9.28. The predicted octanol–water partition coefficient (Wildman–Crippen LogP) is 2.29. The molecular weight excluding hydrogens is 240 g/mol. The van der Waals surface area contributed by atoms with Gasteiger partial charge >= 0.3 is 0 Å². The van der Waals surface area contributed by atoms with E-state index in [0.29, 0.717) is 6.04 Å². The van der Waals surface area contributed by atoms with Gasteiger partial charge in [-0.2, -0.15) is 5.26 Å². The van der Waals surface area contributed by atoms with Crippen LogP contribution >= 0.6 is 0 Å². The lowest BCUT2D eigenvalue weighted by Gasteiger charge is -2.34. The number of methoxy groups -OCH3 is 2. The van der Waals surface area contributed by atoms with Crippen LogP contribution in [-0.4, -0.2) is 31.7 Å². The van der Waals surface area contributed by atoms with Crippen LogP contribution in [0.1, 0.15) is 30.0 Å². The molecule has 19 heavy (non-hydrogen) atoms. The van der Waals surface area contributed by atoms with Crippen molar-refractivity contribution in [3.63, 3.8) is 0 Å². The van der Waals surface area contributed by atoms with E-state index < -0.39 is 0 Å². The van der Waals surface area contributed by atoms with Crippen molar-refractivity contribution < 1.29 is 9.47 Å². The van der Waals surface area contributed by atoms with Crippen molar-refractivity contribution in [2.45, 2.75) is 31.3 Å². The molecular formula is C15H18N2O2. The maximum Gasteiger partial charge on any atom is 0.161 e. The Balaban J connectivity index is 2.02. The molecule has 100 valence electrons. The summed E-state index contributed by atoms with van der Waals surface area (Å²) in [5, 5.41) is 9.20. The minimum atomic E-state index is 0.0752. The van der Waals surface area contributed by atoms with E-state index in [1.165, 1.54) is 11.1 Å². The summed E-state index contributed by atoms with van der Waals surface area (Å²) in [5.74, 6) is 1.58. The topological polar surface area (TPSA) is 45.5 Å². The molecule has 1 fully saturated rings. The van der Waals surface area contributed by atoms with E-state index in [1.54, 1.807) is 14.2 Å². The van der Waals surface area contributed by atoms with Crippen LogP contribution < -0.4 is 9.47 Å². The van der Waals surface area contributed by atoms with Gasteiger partial charge in [0.15, 0.2) is 11.5 Å². The van der Waals surface area contributed by atoms with Crippen molar-refractivity contribution in [2.75, 3.05) is 20.8 Å². The molecule has 0 bridgehead atoms. The Labute approximate surface area is 113 Å². The van der Waals surface area contributed by atoms with E-state index in [4.69, 9.17) is 9.47 Å². The molecule has 0 aromatic heterocycles. The SMILES string of the molecule is COc1cc2c(cc1OC)C1CCC(C#N)N1CC2. The third-order valence-corrected chi connectivity index (χ3v) is 4.31. The zero-order valence-electron chi connectivity index (χ0n) is 11.3. The molecule has 3 rings (SSSR count). The quantitative estimate of drug-likeness (QED) is 0.816. The average Bonchev–Trinajstić information content (AvgIpc) is 2.88. The molecule has 2 unspecified atom stereocenters.